The second-order valence-electron chi connectivity index (χ2n) is 4.13. The number of rotatable bonds is 4. The minimum Gasteiger partial charge on any atom is -0.366 e. The number of carbonyl (C=O) groups excluding carboxylic acids is 1. The Labute approximate surface area is 100 Å². The number of aromatic nitrogens is 2. The van der Waals surface area contributed by atoms with Gasteiger partial charge in [0.05, 0.1) is 12.8 Å². The second-order valence-corrected chi connectivity index (χ2v) is 4.13. The molecule has 1 atom stereocenters. The summed E-state index contributed by atoms with van der Waals surface area (Å²) in [5, 5.41) is 10.1. The van der Waals surface area contributed by atoms with E-state index in [1.807, 2.05) is 19.4 Å². The number of carbonyl (C=O) groups is 1. The summed E-state index contributed by atoms with van der Waals surface area (Å²) >= 11 is 0. The van der Waals surface area contributed by atoms with Gasteiger partial charge in [-0.15, -0.1) is 0 Å². The van der Waals surface area contributed by atoms with Crippen molar-refractivity contribution in [1.82, 2.24) is 20.4 Å². The molecule has 1 aliphatic heterocycles. The van der Waals surface area contributed by atoms with Crippen molar-refractivity contribution in [3.05, 3.63) is 18.0 Å². The highest BCUT2D eigenvalue weighted by atomic mass is 16.5. The predicted octanol–water partition coefficient (Wildman–Crippen LogP) is -0.933. The Morgan fingerprint density at radius 2 is 2.65 bits per heavy atom. The summed E-state index contributed by atoms with van der Waals surface area (Å²) < 4.78 is 7.11. The van der Waals surface area contributed by atoms with Crippen LogP contribution in [0.3, 0.4) is 0 Å². The molecule has 0 aromatic carbocycles. The van der Waals surface area contributed by atoms with Crippen molar-refractivity contribution in [2.24, 2.45) is 7.05 Å². The van der Waals surface area contributed by atoms with Gasteiger partial charge in [0.1, 0.15) is 6.10 Å². The first-order chi connectivity index (χ1) is 8.25. The Bertz CT molecular complexity index is 371. The summed E-state index contributed by atoms with van der Waals surface area (Å²) in [6, 6.07) is 0. The molecule has 1 aromatic heterocycles. The third kappa shape index (κ3) is 3.54. The average molecular weight is 238 g/mol. The van der Waals surface area contributed by atoms with Gasteiger partial charge in [-0.1, -0.05) is 0 Å². The average Bonchev–Trinajstić information content (AvgIpc) is 2.76. The van der Waals surface area contributed by atoms with Crippen molar-refractivity contribution in [2.75, 3.05) is 26.2 Å². The number of hydrogen-bond acceptors (Lipinski definition) is 4. The highest BCUT2D eigenvalue weighted by molar-refractivity contribution is 5.81. The Morgan fingerprint density at radius 1 is 1.76 bits per heavy atom. The van der Waals surface area contributed by atoms with Crippen molar-refractivity contribution < 1.29 is 9.53 Å². The molecule has 1 unspecified atom stereocenters. The zero-order chi connectivity index (χ0) is 12.1. The van der Waals surface area contributed by atoms with Gasteiger partial charge in [0.25, 0.3) is 0 Å². The summed E-state index contributed by atoms with van der Waals surface area (Å²) in [7, 11) is 1.88. The molecule has 0 aliphatic carbocycles. The molecule has 6 nitrogen and oxygen atoms in total. The van der Waals surface area contributed by atoms with Gasteiger partial charge in [-0.05, 0) is 12.0 Å². The van der Waals surface area contributed by atoms with Crippen LogP contribution >= 0.6 is 0 Å². The van der Waals surface area contributed by atoms with Gasteiger partial charge in [-0.3, -0.25) is 9.48 Å². The number of morpholine rings is 1. The fraction of sp³-hybridized carbons (Fsp3) is 0.636. The van der Waals surface area contributed by atoms with E-state index in [0.717, 1.165) is 18.5 Å². The molecule has 1 aromatic rings. The van der Waals surface area contributed by atoms with E-state index in [2.05, 4.69) is 15.7 Å². The molecule has 94 valence electrons. The van der Waals surface area contributed by atoms with Gasteiger partial charge in [-0.25, -0.2) is 0 Å². The van der Waals surface area contributed by atoms with Gasteiger partial charge >= 0.3 is 0 Å². The maximum absolute atomic E-state index is 11.7. The van der Waals surface area contributed by atoms with Crippen LogP contribution in [0.4, 0.5) is 0 Å². The summed E-state index contributed by atoms with van der Waals surface area (Å²) in [5.41, 5.74) is 1.12. The monoisotopic (exact) mass is 238 g/mol. The van der Waals surface area contributed by atoms with Crippen LogP contribution in [0.1, 0.15) is 5.56 Å². The lowest BCUT2D eigenvalue weighted by molar-refractivity contribution is -0.134. The Morgan fingerprint density at radius 3 is 3.29 bits per heavy atom. The van der Waals surface area contributed by atoms with Gasteiger partial charge in [0.15, 0.2) is 0 Å². The number of nitrogens with one attached hydrogen (secondary N) is 2. The van der Waals surface area contributed by atoms with Crippen LogP contribution < -0.4 is 10.6 Å². The number of aryl methyl sites for hydroxylation is 1. The van der Waals surface area contributed by atoms with Crippen molar-refractivity contribution >= 4 is 5.91 Å². The van der Waals surface area contributed by atoms with E-state index in [-0.39, 0.29) is 12.0 Å². The first kappa shape index (κ1) is 12.1. The van der Waals surface area contributed by atoms with Crippen LogP contribution in [-0.4, -0.2) is 48.0 Å². The van der Waals surface area contributed by atoms with E-state index in [4.69, 9.17) is 4.74 Å². The minimum absolute atomic E-state index is 0.0407. The van der Waals surface area contributed by atoms with Gasteiger partial charge in [0, 0.05) is 32.9 Å². The highest BCUT2D eigenvalue weighted by Gasteiger charge is 2.20. The van der Waals surface area contributed by atoms with Crippen LogP contribution in [-0.2, 0) is 23.0 Å². The third-order valence-corrected chi connectivity index (χ3v) is 2.69. The molecule has 0 bridgehead atoms. The first-order valence-electron chi connectivity index (χ1n) is 5.83. The Kier molecular flexibility index (Phi) is 4.11. The van der Waals surface area contributed by atoms with Gasteiger partial charge in [0.2, 0.25) is 5.91 Å². The van der Waals surface area contributed by atoms with Gasteiger partial charge in [-0.2, -0.15) is 5.10 Å². The zero-order valence-corrected chi connectivity index (χ0v) is 9.98. The molecule has 2 rings (SSSR count). The number of ether oxygens (including phenoxy) is 1. The van der Waals surface area contributed by atoms with Crippen LogP contribution in [0, 0.1) is 0 Å². The topological polar surface area (TPSA) is 68.2 Å². The molecule has 2 heterocycles. The number of amides is 1. The van der Waals surface area contributed by atoms with E-state index >= 15 is 0 Å². The number of nitrogens with zero attached hydrogens (tertiary/aromatic N) is 2. The van der Waals surface area contributed by atoms with E-state index in [1.54, 1.807) is 4.68 Å². The number of hydrogen-bond donors (Lipinski definition) is 2. The molecule has 6 heteroatoms. The molecule has 1 amide bonds. The molecule has 17 heavy (non-hydrogen) atoms. The largest absolute Gasteiger partial charge is 0.366 e. The Hall–Kier alpha value is -1.40. The quantitative estimate of drug-likeness (QED) is 0.711. The van der Waals surface area contributed by atoms with Gasteiger partial charge < -0.3 is 15.4 Å². The van der Waals surface area contributed by atoms with Crippen LogP contribution in [0.15, 0.2) is 12.4 Å². The lowest BCUT2D eigenvalue weighted by atomic mass is 10.2. The Balaban J connectivity index is 1.69. The molecule has 1 fully saturated rings. The third-order valence-electron chi connectivity index (χ3n) is 2.69. The fourth-order valence-electron chi connectivity index (χ4n) is 1.78. The minimum atomic E-state index is -0.349. The first-order valence-corrected chi connectivity index (χ1v) is 5.83. The molecular weight excluding hydrogens is 220 g/mol. The standard InChI is InChI=1S/C11H18N4O2/c1-15-8-9(6-14-15)2-3-13-11(16)10-7-12-4-5-17-10/h6,8,10,12H,2-5,7H2,1H3,(H,13,16). The lowest BCUT2D eigenvalue weighted by Crippen LogP contribution is -2.48. The van der Waals surface area contributed by atoms with Crippen LogP contribution in [0.2, 0.25) is 0 Å². The van der Waals surface area contributed by atoms with Crippen molar-refractivity contribution in [2.45, 2.75) is 12.5 Å². The summed E-state index contributed by atoms with van der Waals surface area (Å²) in [5.74, 6) is -0.0407. The summed E-state index contributed by atoms with van der Waals surface area (Å²) in [6.07, 6.45) is 4.20. The van der Waals surface area contributed by atoms with E-state index in [1.165, 1.54) is 0 Å². The molecule has 0 spiro atoms. The smallest absolute Gasteiger partial charge is 0.250 e. The van der Waals surface area contributed by atoms with Crippen molar-refractivity contribution in [3.63, 3.8) is 0 Å². The highest BCUT2D eigenvalue weighted by Crippen LogP contribution is 1.98. The maximum atomic E-state index is 11.7. The molecule has 2 N–H and O–H groups in total. The van der Waals surface area contributed by atoms with E-state index in [9.17, 15) is 4.79 Å². The van der Waals surface area contributed by atoms with Crippen molar-refractivity contribution in [1.29, 1.82) is 0 Å². The van der Waals surface area contributed by atoms with E-state index in [0.29, 0.717) is 19.7 Å². The molecule has 0 radical (unpaired) electrons. The molecular formula is C11H18N4O2. The summed E-state index contributed by atoms with van der Waals surface area (Å²) in [4.78, 5) is 11.7. The van der Waals surface area contributed by atoms with Crippen LogP contribution in [0.5, 0.6) is 0 Å². The SMILES string of the molecule is Cn1cc(CCNC(=O)C2CNCCO2)cn1. The molecule has 1 saturated heterocycles. The second kappa shape index (κ2) is 5.79. The zero-order valence-electron chi connectivity index (χ0n) is 9.98. The molecule has 0 saturated carbocycles. The van der Waals surface area contributed by atoms with Crippen molar-refractivity contribution in [3.8, 4) is 0 Å². The fourth-order valence-corrected chi connectivity index (χ4v) is 1.78. The summed E-state index contributed by atoms with van der Waals surface area (Å²) in [6.45, 7) is 2.63. The normalized spacial score (nSPS) is 20.2. The van der Waals surface area contributed by atoms with Crippen LogP contribution in [0.25, 0.3) is 0 Å². The molecule has 1 aliphatic rings. The maximum Gasteiger partial charge on any atom is 0.250 e. The lowest BCUT2D eigenvalue weighted by Gasteiger charge is -2.22. The van der Waals surface area contributed by atoms with E-state index < -0.39 is 0 Å². The predicted molar refractivity (Wildman–Crippen MR) is 62.5 cm³/mol.